The number of hydrogen-bond donors (Lipinski definition) is 2. The van der Waals surface area contributed by atoms with E-state index in [9.17, 15) is 13.6 Å². The van der Waals surface area contributed by atoms with E-state index in [2.05, 4.69) is 9.97 Å². The van der Waals surface area contributed by atoms with Gasteiger partial charge in [-0.2, -0.15) is 0 Å². The minimum atomic E-state index is -1.32. The first-order chi connectivity index (χ1) is 11.8. The number of hydrogen-bond acceptors (Lipinski definition) is 2. The first-order valence-corrected chi connectivity index (χ1v) is 7.75. The lowest BCUT2D eigenvalue weighted by Gasteiger charge is -2.09. The summed E-state index contributed by atoms with van der Waals surface area (Å²) in [5.41, 5.74) is 2.03. The Labute approximate surface area is 142 Å². The van der Waals surface area contributed by atoms with Gasteiger partial charge in [-0.3, -0.25) is 0 Å². The Bertz CT molecular complexity index is 990. The standard InChI is InChI=1S/C19H16F2N2O2/c1-10(2)5-15(11-3-4-14(19(24)25)16(21)7-11)17-8-12-6-13(20)9-22-18(12)23-17/h3-10H,1-2H3,(H,22,23)(H,24,25). The first kappa shape index (κ1) is 16.8. The van der Waals surface area contributed by atoms with Crippen LogP contribution in [0.25, 0.3) is 16.6 Å². The molecule has 0 radical (unpaired) electrons. The third-order valence-corrected chi connectivity index (χ3v) is 3.74. The number of nitrogens with zero attached hydrogens (tertiary/aromatic N) is 1. The lowest BCUT2D eigenvalue weighted by molar-refractivity contribution is 0.0692. The van der Waals surface area contributed by atoms with Gasteiger partial charge in [-0.1, -0.05) is 26.0 Å². The summed E-state index contributed by atoms with van der Waals surface area (Å²) in [6, 6.07) is 7.09. The molecule has 0 aliphatic rings. The van der Waals surface area contributed by atoms with Crippen molar-refractivity contribution in [3.05, 3.63) is 71.1 Å². The maximum absolute atomic E-state index is 14.1. The highest BCUT2D eigenvalue weighted by Crippen LogP contribution is 2.28. The van der Waals surface area contributed by atoms with Crippen molar-refractivity contribution in [2.24, 2.45) is 5.92 Å². The molecule has 2 heterocycles. The number of pyridine rings is 1. The lowest BCUT2D eigenvalue weighted by atomic mass is 9.97. The Morgan fingerprint density at radius 3 is 2.64 bits per heavy atom. The normalized spacial score (nSPS) is 12.1. The second-order valence-corrected chi connectivity index (χ2v) is 6.10. The quantitative estimate of drug-likeness (QED) is 0.727. The van der Waals surface area contributed by atoms with Gasteiger partial charge in [-0.15, -0.1) is 0 Å². The molecular formula is C19H16F2N2O2. The van der Waals surface area contributed by atoms with Gasteiger partial charge < -0.3 is 10.1 Å². The van der Waals surface area contributed by atoms with Crippen molar-refractivity contribution in [1.29, 1.82) is 0 Å². The van der Waals surface area contributed by atoms with Crippen LogP contribution < -0.4 is 0 Å². The van der Waals surface area contributed by atoms with Crippen LogP contribution in [0.15, 0.2) is 42.6 Å². The summed E-state index contributed by atoms with van der Waals surface area (Å²) in [4.78, 5) is 18.1. The largest absolute Gasteiger partial charge is 0.478 e. The smallest absolute Gasteiger partial charge is 0.338 e. The highest BCUT2D eigenvalue weighted by molar-refractivity contribution is 5.90. The number of carboxylic acid groups (broad SMARTS) is 1. The van der Waals surface area contributed by atoms with Crippen LogP contribution in [0.5, 0.6) is 0 Å². The highest BCUT2D eigenvalue weighted by atomic mass is 19.1. The summed E-state index contributed by atoms with van der Waals surface area (Å²) < 4.78 is 27.4. The minimum absolute atomic E-state index is 0.160. The molecule has 3 rings (SSSR count). The van der Waals surface area contributed by atoms with Crippen LogP contribution in [0.1, 0.15) is 35.5 Å². The number of aromatic amines is 1. The van der Waals surface area contributed by atoms with E-state index in [1.165, 1.54) is 18.2 Å². The topological polar surface area (TPSA) is 66.0 Å². The van der Waals surface area contributed by atoms with E-state index in [1.807, 2.05) is 19.9 Å². The van der Waals surface area contributed by atoms with Gasteiger partial charge in [0.15, 0.2) is 0 Å². The number of aromatic nitrogens is 2. The van der Waals surface area contributed by atoms with E-state index < -0.39 is 17.6 Å². The molecule has 0 unspecified atom stereocenters. The Kier molecular flexibility index (Phi) is 4.35. The molecule has 2 N–H and O–H groups in total. The van der Waals surface area contributed by atoms with Gasteiger partial charge in [0.05, 0.1) is 11.8 Å². The molecule has 0 bridgehead atoms. The predicted molar refractivity (Wildman–Crippen MR) is 91.3 cm³/mol. The van der Waals surface area contributed by atoms with Crippen molar-refractivity contribution < 1.29 is 18.7 Å². The van der Waals surface area contributed by atoms with Gasteiger partial charge in [0.1, 0.15) is 17.3 Å². The maximum atomic E-state index is 14.1. The van der Waals surface area contributed by atoms with Crippen LogP contribution in [0, 0.1) is 17.6 Å². The van der Waals surface area contributed by atoms with Crippen LogP contribution in [0.4, 0.5) is 8.78 Å². The molecule has 4 nitrogen and oxygen atoms in total. The van der Waals surface area contributed by atoms with E-state index in [4.69, 9.17) is 5.11 Å². The Morgan fingerprint density at radius 1 is 1.24 bits per heavy atom. The van der Waals surface area contributed by atoms with Crippen molar-refractivity contribution >= 4 is 22.6 Å². The van der Waals surface area contributed by atoms with E-state index >= 15 is 0 Å². The van der Waals surface area contributed by atoms with Crippen molar-refractivity contribution in [2.45, 2.75) is 13.8 Å². The van der Waals surface area contributed by atoms with Crippen molar-refractivity contribution in [3.8, 4) is 0 Å². The Hall–Kier alpha value is -3.02. The number of halogens is 2. The molecule has 0 aliphatic carbocycles. The van der Waals surface area contributed by atoms with Crippen LogP contribution in [-0.2, 0) is 0 Å². The average Bonchev–Trinajstić information content (AvgIpc) is 2.94. The summed E-state index contributed by atoms with van der Waals surface area (Å²) >= 11 is 0. The molecule has 2 aromatic heterocycles. The van der Waals surface area contributed by atoms with Crippen molar-refractivity contribution in [2.75, 3.05) is 0 Å². The number of allylic oxidation sites excluding steroid dienone is 1. The third kappa shape index (κ3) is 3.42. The SMILES string of the molecule is CC(C)C=C(c1ccc(C(=O)O)c(F)c1)c1cc2cc(F)cnc2[nH]1. The molecule has 0 fully saturated rings. The number of carbonyl (C=O) groups is 1. The zero-order valence-corrected chi connectivity index (χ0v) is 13.7. The number of aromatic carboxylic acids is 1. The molecular weight excluding hydrogens is 326 g/mol. The molecule has 1 aromatic carbocycles. The molecule has 0 atom stereocenters. The minimum Gasteiger partial charge on any atom is -0.478 e. The number of fused-ring (bicyclic) bond motifs is 1. The monoisotopic (exact) mass is 342 g/mol. The fourth-order valence-electron chi connectivity index (χ4n) is 2.66. The zero-order chi connectivity index (χ0) is 18.1. The number of benzene rings is 1. The Balaban J connectivity index is 2.14. The third-order valence-electron chi connectivity index (χ3n) is 3.74. The molecule has 25 heavy (non-hydrogen) atoms. The maximum Gasteiger partial charge on any atom is 0.338 e. The lowest BCUT2D eigenvalue weighted by Crippen LogP contribution is -2.01. The number of H-pyrrole nitrogens is 1. The van der Waals surface area contributed by atoms with E-state index in [-0.39, 0.29) is 11.5 Å². The molecule has 0 spiro atoms. The van der Waals surface area contributed by atoms with Crippen LogP contribution in [0.2, 0.25) is 0 Å². The molecule has 128 valence electrons. The highest BCUT2D eigenvalue weighted by Gasteiger charge is 2.15. The van der Waals surface area contributed by atoms with Gasteiger partial charge in [-0.25, -0.2) is 18.6 Å². The zero-order valence-electron chi connectivity index (χ0n) is 13.7. The van der Waals surface area contributed by atoms with E-state index in [0.717, 1.165) is 6.20 Å². The fourth-order valence-corrected chi connectivity index (χ4v) is 2.66. The van der Waals surface area contributed by atoms with Gasteiger partial charge in [0.25, 0.3) is 0 Å². The molecule has 0 saturated heterocycles. The Morgan fingerprint density at radius 2 is 2.00 bits per heavy atom. The summed E-state index contributed by atoms with van der Waals surface area (Å²) in [7, 11) is 0. The summed E-state index contributed by atoms with van der Waals surface area (Å²) in [5, 5.41) is 9.58. The summed E-state index contributed by atoms with van der Waals surface area (Å²) in [6.45, 7) is 3.95. The predicted octanol–water partition coefficient (Wildman–Crippen LogP) is 4.63. The molecule has 0 saturated carbocycles. The second-order valence-electron chi connectivity index (χ2n) is 6.10. The van der Waals surface area contributed by atoms with Gasteiger partial charge >= 0.3 is 5.97 Å². The molecule has 0 amide bonds. The first-order valence-electron chi connectivity index (χ1n) is 7.75. The van der Waals surface area contributed by atoms with E-state index in [0.29, 0.717) is 27.9 Å². The number of rotatable bonds is 4. The molecule has 0 aliphatic heterocycles. The number of nitrogens with one attached hydrogen (secondary N) is 1. The van der Waals surface area contributed by atoms with Gasteiger partial charge in [0.2, 0.25) is 0 Å². The summed E-state index contributed by atoms with van der Waals surface area (Å²) in [6.07, 6.45) is 3.05. The average molecular weight is 342 g/mol. The van der Waals surface area contributed by atoms with Crippen molar-refractivity contribution in [3.63, 3.8) is 0 Å². The van der Waals surface area contributed by atoms with Crippen LogP contribution >= 0.6 is 0 Å². The number of carboxylic acids is 1. The van der Waals surface area contributed by atoms with Crippen molar-refractivity contribution in [1.82, 2.24) is 9.97 Å². The van der Waals surface area contributed by atoms with E-state index in [1.54, 1.807) is 12.1 Å². The molecule has 6 heteroatoms. The molecule has 3 aromatic rings. The van der Waals surface area contributed by atoms with Crippen LogP contribution in [-0.4, -0.2) is 21.0 Å². The van der Waals surface area contributed by atoms with Gasteiger partial charge in [0, 0.05) is 16.7 Å². The van der Waals surface area contributed by atoms with Gasteiger partial charge in [-0.05, 0) is 35.7 Å². The fraction of sp³-hybridized carbons (Fsp3) is 0.158. The summed E-state index contributed by atoms with van der Waals surface area (Å²) in [5.74, 6) is -2.40. The van der Waals surface area contributed by atoms with Crippen LogP contribution in [0.3, 0.4) is 0 Å². The second kappa shape index (κ2) is 6.47.